The van der Waals surface area contributed by atoms with Crippen molar-refractivity contribution in [2.45, 2.75) is 18.7 Å². The van der Waals surface area contributed by atoms with Crippen LogP contribution in [0.4, 0.5) is 0 Å². The summed E-state index contributed by atoms with van der Waals surface area (Å²) in [6.45, 7) is 2.24. The average Bonchev–Trinajstić information content (AvgIpc) is 2.13. The van der Waals surface area contributed by atoms with Gasteiger partial charge in [-0.2, -0.15) is 0 Å². The van der Waals surface area contributed by atoms with Gasteiger partial charge in [0.25, 0.3) is 0 Å². The van der Waals surface area contributed by atoms with Crippen molar-refractivity contribution in [3.8, 4) is 0 Å². The van der Waals surface area contributed by atoms with Crippen molar-refractivity contribution in [2.75, 3.05) is 0 Å². The average molecular weight is 389 g/mol. The van der Waals surface area contributed by atoms with Gasteiger partial charge in [-0.15, -0.1) is 0 Å². The van der Waals surface area contributed by atoms with Crippen molar-refractivity contribution in [2.24, 2.45) is 0 Å². The van der Waals surface area contributed by atoms with E-state index in [1.165, 1.54) is 0 Å². The first-order valence-corrected chi connectivity index (χ1v) is 6.01. The molecule has 0 aliphatic heterocycles. The van der Waals surface area contributed by atoms with Crippen molar-refractivity contribution in [3.63, 3.8) is 0 Å². The summed E-state index contributed by atoms with van der Waals surface area (Å²) in [5.74, 6) is -3.54. The van der Waals surface area contributed by atoms with Crippen LogP contribution in [0.5, 0.6) is 0 Å². The molecular weight excluding hydrogens is 381 g/mol. The fraction of sp³-hybridized carbons (Fsp3) is 0.200. The zero-order chi connectivity index (χ0) is 14.2. The van der Waals surface area contributed by atoms with Crippen LogP contribution >= 0.6 is 0 Å². The zero-order valence-corrected chi connectivity index (χ0v) is 22.5. The summed E-state index contributed by atoms with van der Waals surface area (Å²) in [5, 5.41) is 21.6. The minimum Gasteiger partial charge on any atom is -0.744 e. The quantitative estimate of drug-likeness (QED) is 0.370. The molecule has 1 rings (SSSR count). The van der Waals surface area contributed by atoms with Crippen molar-refractivity contribution in [1.29, 1.82) is 0 Å². The molecule has 21 heavy (non-hydrogen) atoms. The van der Waals surface area contributed by atoms with Crippen molar-refractivity contribution in [3.05, 3.63) is 28.3 Å². The van der Waals surface area contributed by atoms with E-state index in [-0.39, 0.29) is 165 Å². The van der Waals surface area contributed by atoms with Crippen LogP contribution in [0.1, 0.15) is 31.8 Å². The molecule has 0 unspecified atom stereocenters. The molecule has 0 aliphatic rings. The smallest absolute Gasteiger partial charge is 0.744 e. The standard InChI is InChI=1S/C10H10O7S.3K/c1-4-6(9(11)12)3-7(18(15,16)17)5(2)8(4)10(13)14;;;/h3H,1-2H3,(H,11,12)(H,13,14)(H,15,16,17);;;/q;3*+1/p-3. The summed E-state index contributed by atoms with van der Waals surface area (Å²) < 4.78 is 32.8. The van der Waals surface area contributed by atoms with Crippen LogP contribution in [0, 0.1) is 13.8 Å². The Balaban J connectivity index is -0.00000108. The van der Waals surface area contributed by atoms with Crippen LogP contribution in [0.2, 0.25) is 0 Å². The Bertz CT molecular complexity index is 655. The molecule has 0 aliphatic carbocycles. The van der Waals surface area contributed by atoms with E-state index in [0.717, 1.165) is 13.8 Å². The van der Waals surface area contributed by atoms with Crippen molar-refractivity contribution in [1.82, 2.24) is 0 Å². The van der Waals surface area contributed by atoms with Crippen molar-refractivity contribution < 1.29 is 187 Å². The van der Waals surface area contributed by atoms with Crippen LogP contribution in [-0.4, -0.2) is 24.9 Å². The van der Waals surface area contributed by atoms with Gasteiger partial charge in [0.05, 0.1) is 16.8 Å². The van der Waals surface area contributed by atoms with Gasteiger partial charge in [-0.1, -0.05) is 0 Å². The molecule has 11 heteroatoms. The molecule has 1 aromatic rings. The van der Waals surface area contributed by atoms with Gasteiger partial charge in [-0.3, -0.25) is 0 Å². The van der Waals surface area contributed by atoms with E-state index in [2.05, 4.69) is 0 Å². The maximum Gasteiger partial charge on any atom is 1.00 e. The molecule has 0 heterocycles. The van der Waals surface area contributed by atoms with E-state index in [1.807, 2.05) is 0 Å². The Morgan fingerprint density at radius 1 is 0.952 bits per heavy atom. The summed E-state index contributed by atoms with van der Waals surface area (Å²) in [6, 6.07) is 0.592. The molecule has 1 aromatic carbocycles. The summed E-state index contributed by atoms with van der Waals surface area (Å²) in [6.07, 6.45) is 0. The second kappa shape index (κ2) is 11.6. The number of aromatic carboxylic acids is 2. The Hall–Kier alpha value is 2.98. The number of hydrogen-bond acceptors (Lipinski definition) is 7. The maximum absolute atomic E-state index is 10.9. The molecule has 0 aromatic heterocycles. The topological polar surface area (TPSA) is 137 Å². The second-order valence-corrected chi connectivity index (χ2v) is 4.92. The third-order valence-electron chi connectivity index (χ3n) is 2.49. The molecule has 0 saturated carbocycles. The molecule has 0 amide bonds. The first-order chi connectivity index (χ1) is 8.07. The molecule has 0 fully saturated rings. The third kappa shape index (κ3) is 7.40. The first-order valence-electron chi connectivity index (χ1n) is 4.60. The van der Waals surface area contributed by atoms with E-state index < -0.39 is 38.1 Å². The number of rotatable bonds is 3. The predicted molar refractivity (Wildman–Crippen MR) is 52.5 cm³/mol. The molecule has 0 saturated heterocycles. The van der Waals surface area contributed by atoms with E-state index in [0.29, 0.717) is 6.07 Å². The van der Waals surface area contributed by atoms with E-state index in [4.69, 9.17) is 0 Å². The normalized spacial score (nSPS) is 9.67. The van der Waals surface area contributed by atoms with E-state index in [9.17, 15) is 32.8 Å². The van der Waals surface area contributed by atoms with E-state index in [1.54, 1.807) is 0 Å². The molecule has 0 spiro atoms. The molecule has 7 nitrogen and oxygen atoms in total. The summed E-state index contributed by atoms with van der Waals surface area (Å²) in [5.41, 5.74) is -1.88. The van der Waals surface area contributed by atoms with Gasteiger partial charge in [-0.25, -0.2) is 8.42 Å². The number of hydrogen-bond donors (Lipinski definition) is 0. The first kappa shape index (κ1) is 28.8. The Kier molecular flexibility index (Phi) is 15.8. The predicted octanol–water partition coefficient (Wildman–Crippen LogP) is -11.1. The van der Waals surface area contributed by atoms with Crippen molar-refractivity contribution >= 4 is 22.1 Å². The van der Waals surface area contributed by atoms with Crippen LogP contribution in [-0.2, 0) is 10.1 Å². The van der Waals surface area contributed by atoms with Gasteiger partial charge in [-0.05, 0) is 31.0 Å². The Morgan fingerprint density at radius 3 is 1.67 bits per heavy atom. The van der Waals surface area contributed by atoms with Crippen LogP contribution < -0.4 is 164 Å². The maximum atomic E-state index is 10.9. The molecule has 0 N–H and O–H groups in total. The van der Waals surface area contributed by atoms with Gasteiger partial charge in [0.15, 0.2) is 0 Å². The Morgan fingerprint density at radius 2 is 1.38 bits per heavy atom. The summed E-state index contributed by atoms with van der Waals surface area (Å²) >= 11 is 0. The third-order valence-corrected chi connectivity index (χ3v) is 3.46. The molecular formula is C10H7K3O7S. The number of carboxylic acids is 2. The summed E-state index contributed by atoms with van der Waals surface area (Å²) in [4.78, 5) is 20.7. The van der Waals surface area contributed by atoms with Crippen LogP contribution in [0.3, 0.4) is 0 Å². The van der Waals surface area contributed by atoms with Gasteiger partial charge in [0.2, 0.25) is 0 Å². The molecule has 0 bridgehead atoms. The number of benzene rings is 1. The molecule has 0 radical (unpaired) electrons. The fourth-order valence-corrected chi connectivity index (χ4v) is 2.40. The zero-order valence-electron chi connectivity index (χ0n) is 12.3. The largest absolute Gasteiger partial charge is 1.00 e. The van der Waals surface area contributed by atoms with Crippen LogP contribution in [0.25, 0.3) is 0 Å². The molecule has 0 atom stereocenters. The minimum absolute atomic E-state index is 0. The van der Waals surface area contributed by atoms with Crippen LogP contribution in [0.15, 0.2) is 11.0 Å². The van der Waals surface area contributed by atoms with Gasteiger partial charge in [0.1, 0.15) is 10.1 Å². The minimum atomic E-state index is -4.99. The number of carbonyl (C=O) groups excluding carboxylic acids is 2. The Labute approximate surface area is 249 Å². The number of carboxylic acid groups (broad SMARTS) is 2. The van der Waals surface area contributed by atoms with Gasteiger partial charge in [0, 0.05) is 11.1 Å². The number of carbonyl (C=O) groups is 2. The monoisotopic (exact) mass is 388 g/mol. The fourth-order valence-electron chi connectivity index (χ4n) is 1.66. The summed E-state index contributed by atoms with van der Waals surface area (Å²) in [7, 11) is -4.99. The molecule has 98 valence electrons. The SMILES string of the molecule is Cc1c(C(=O)[O-])cc(S(=O)(=O)[O-])c(C)c1C(=O)[O-].[K+].[K+].[K+]. The second-order valence-electron chi connectivity index (χ2n) is 3.58. The van der Waals surface area contributed by atoms with E-state index >= 15 is 0 Å². The van der Waals surface area contributed by atoms with Gasteiger partial charge < -0.3 is 24.4 Å². The van der Waals surface area contributed by atoms with Gasteiger partial charge >= 0.3 is 154 Å².